The van der Waals surface area contributed by atoms with Crippen molar-refractivity contribution in [1.29, 1.82) is 0 Å². The number of benzene rings is 2. The van der Waals surface area contributed by atoms with Gasteiger partial charge in [0.25, 0.3) is 5.91 Å². The van der Waals surface area contributed by atoms with Crippen molar-refractivity contribution in [3.8, 4) is 0 Å². The largest absolute Gasteiger partial charge is 0.380 e. The fourth-order valence-electron chi connectivity index (χ4n) is 2.11. The Bertz CT molecular complexity index is 640. The first kappa shape index (κ1) is 16.6. The molecular weight excluding hydrogens is 294 g/mol. The van der Waals surface area contributed by atoms with Crippen molar-refractivity contribution >= 4 is 23.4 Å². The number of amides is 1. The van der Waals surface area contributed by atoms with Gasteiger partial charge < -0.3 is 10.1 Å². The van der Waals surface area contributed by atoms with E-state index >= 15 is 0 Å². The molecule has 0 bridgehead atoms. The van der Waals surface area contributed by atoms with Gasteiger partial charge in [-0.2, -0.15) is 0 Å². The van der Waals surface area contributed by atoms with Crippen molar-refractivity contribution in [2.45, 2.75) is 30.6 Å². The smallest absolute Gasteiger partial charge is 0.256 e. The lowest BCUT2D eigenvalue weighted by Crippen LogP contribution is -2.13. The van der Waals surface area contributed by atoms with E-state index in [9.17, 15) is 4.79 Å². The maximum Gasteiger partial charge on any atom is 0.256 e. The molecular formula is C18H21NO2S. The summed E-state index contributed by atoms with van der Waals surface area (Å²) in [6, 6.07) is 15.4. The predicted octanol–water partition coefficient (Wildman–Crippen LogP) is 4.59. The molecule has 2 rings (SSSR count). The molecule has 4 heteroatoms. The lowest BCUT2D eigenvalue weighted by Gasteiger charge is -2.12. The minimum atomic E-state index is -0.0849. The summed E-state index contributed by atoms with van der Waals surface area (Å²) in [7, 11) is 1.66. The van der Waals surface area contributed by atoms with Gasteiger partial charge in [0.2, 0.25) is 0 Å². The molecule has 0 unspecified atom stereocenters. The minimum Gasteiger partial charge on any atom is -0.380 e. The lowest BCUT2D eigenvalue weighted by molar-refractivity contribution is 0.102. The molecule has 0 fully saturated rings. The highest BCUT2D eigenvalue weighted by Gasteiger charge is 2.12. The molecule has 0 aliphatic carbocycles. The zero-order chi connectivity index (χ0) is 15.9. The number of thioether (sulfide) groups is 1. The first-order chi connectivity index (χ1) is 10.6. The molecule has 2 aromatic rings. The fraction of sp³-hybridized carbons (Fsp3) is 0.278. The monoisotopic (exact) mass is 315 g/mol. The highest BCUT2D eigenvalue weighted by molar-refractivity contribution is 8.00. The molecule has 0 aliphatic heterocycles. The third kappa shape index (κ3) is 4.61. The van der Waals surface area contributed by atoms with E-state index in [1.807, 2.05) is 48.5 Å². The quantitative estimate of drug-likeness (QED) is 0.793. The van der Waals surface area contributed by atoms with Crippen molar-refractivity contribution in [3.63, 3.8) is 0 Å². The van der Waals surface area contributed by atoms with Gasteiger partial charge in [0.15, 0.2) is 0 Å². The average Bonchev–Trinajstić information content (AvgIpc) is 2.48. The van der Waals surface area contributed by atoms with Crippen molar-refractivity contribution in [2.75, 3.05) is 12.4 Å². The van der Waals surface area contributed by atoms with Crippen LogP contribution in [0, 0.1) is 0 Å². The third-order valence-corrected chi connectivity index (χ3v) is 4.07. The number of carbonyl (C=O) groups excluding carboxylic acids is 1. The number of nitrogens with one attached hydrogen (secondary N) is 1. The van der Waals surface area contributed by atoms with Gasteiger partial charge in [-0.3, -0.25) is 4.79 Å². The van der Waals surface area contributed by atoms with E-state index in [1.165, 1.54) is 0 Å². The second kappa shape index (κ2) is 8.01. The maximum absolute atomic E-state index is 12.5. The summed E-state index contributed by atoms with van der Waals surface area (Å²) in [5.74, 6) is -0.0849. The molecule has 3 nitrogen and oxygen atoms in total. The van der Waals surface area contributed by atoms with Crippen LogP contribution in [0.2, 0.25) is 0 Å². The SMILES string of the molecule is COCc1cccc(NC(=O)c2ccccc2SC(C)C)c1. The summed E-state index contributed by atoms with van der Waals surface area (Å²) in [6.45, 7) is 4.77. The van der Waals surface area contributed by atoms with Gasteiger partial charge >= 0.3 is 0 Å². The van der Waals surface area contributed by atoms with Crippen molar-refractivity contribution in [1.82, 2.24) is 0 Å². The standard InChI is InChI=1S/C18H21NO2S/c1-13(2)22-17-10-5-4-9-16(17)18(20)19-15-8-6-7-14(11-15)12-21-3/h4-11,13H,12H2,1-3H3,(H,19,20). The molecule has 22 heavy (non-hydrogen) atoms. The van der Waals surface area contributed by atoms with Gasteiger partial charge in [-0.15, -0.1) is 11.8 Å². The Hall–Kier alpha value is -1.78. The fourth-order valence-corrected chi connectivity index (χ4v) is 3.07. The molecule has 1 amide bonds. The van der Waals surface area contributed by atoms with E-state index < -0.39 is 0 Å². The van der Waals surface area contributed by atoms with Crippen LogP contribution in [0.1, 0.15) is 29.8 Å². The minimum absolute atomic E-state index is 0.0849. The number of carbonyl (C=O) groups is 1. The Morgan fingerprint density at radius 1 is 1.18 bits per heavy atom. The van der Waals surface area contributed by atoms with Crippen molar-refractivity contribution in [3.05, 3.63) is 59.7 Å². The van der Waals surface area contributed by atoms with Gasteiger partial charge in [-0.25, -0.2) is 0 Å². The van der Waals surface area contributed by atoms with Crippen LogP contribution in [-0.4, -0.2) is 18.3 Å². The molecule has 0 saturated carbocycles. The van der Waals surface area contributed by atoms with Gasteiger partial charge in [-0.05, 0) is 29.8 Å². The van der Waals surface area contributed by atoms with Crippen LogP contribution >= 0.6 is 11.8 Å². The summed E-state index contributed by atoms with van der Waals surface area (Å²) in [5, 5.41) is 3.39. The summed E-state index contributed by atoms with van der Waals surface area (Å²) >= 11 is 1.69. The molecule has 0 spiro atoms. The zero-order valence-electron chi connectivity index (χ0n) is 13.1. The topological polar surface area (TPSA) is 38.3 Å². The molecule has 0 radical (unpaired) electrons. The number of ether oxygens (including phenoxy) is 1. The Balaban J connectivity index is 2.17. The highest BCUT2D eigenvalue weighted by atomic mass is 32.2. The Morgan fingerprint density at radius 2 is 1.95 bits per heavy atom. The van der Waals surface area contributed by atoms with E-state index in [-0.39, 0.29) is 5.91 Å². The maximum atomic E-state index is 12.5. The summed E-state index contributed by atoms with van der Waals surface area (Å²) in [4.78, 5) is 13.5. The second-order valence-electron chi connectivity index (χ2n) is 5.25. The van der Waals surface area contributed by atoms with Crippen LogP contribution in [0.25, 0.3) is 0 Å². The van der Waals surface area contributed by atoms with E-state index in [0.717, 1.165) is 16.1 Å². The lowest BCUT2D eigenvalue weighted by atomic mass is 10.2. The summed E-state index contributed by atoms with van der Waals surface area (Å²) in [6.07, 6.45) is 0. The van der Waals surface area contributed by atoms with E-state index in [0.29, 0.717) is 17.4 Å². The first-order valence-corrected chi connectivity index (χ1v) is 8.13. The number of rotatable bonds is 6. The van der Waals surface area contributed by atoms with Crippen LogP contribution in [0.4, 0.5) is 5.69 Å². The van der Waals surface area contributed by atoms with Crippen LogP contribution in [-0.2, 0) is 11.3 Å². The molecule has 0 aliphatic rings. The molecule has 116 valence electrons. The van der Waals surface area contributed by atoms with Gasteiger partial charge in [-0.1, -0.05) is 38.1 Å². The Labute approximate surface area is 136 Å². The number of hydrogen-bond acceptors (Lipinski definition) is 3. The second-order valence-corrected chi connectivity index (χ2v) is 6.87. The van der Waals surface area contributed by atoms with Crippen LogP contribution in [0.5, 0.6) is 0 Å². The highest BCUT2D eigenvalue weighted by Crippen LogP contribution is 2.27. The number of methoxy groups -OCH3 is 1. The van der Waals surface area contributed by atoms with Crippen LogP contribution < -0.4 is 5.32 Å². The molecule has 0 heterocycles. The van der Waals surface area contributed by atoms with Gasteiger partial charge in [0.1, 0.15) is 0 Å². The van der Waals surface area contributed by atoms with Gasteiger partial charge in [0, 0.05) is 22.9 Å². The average molecular weight is 315 g/mol. The molecule has 2 aromatic carbocycles. The predicted molar refractivity (Wildman–Crippen MR) is 92.5 cm³/mol. The molecule has 1 N–H and O–H groups in total. The normalized spacial score (nSPS) is 10.7. The first-order valence-electron chi connectivity index (χ1n) is 7.25. The third-order valence-electron chi connectivity index (χ3n) is 2.99. The Morgan fingerprint density at radius 3 is 2.68 bits per heavy atom. The van der Waals surface area contributed by atoms with Crippen LogP contribution in [0.15, 0.2) is 53.4 Å². The Kier molecular flexibility index (Phi) is 6.04. The number of hydrogen-bond donors (Lipinski definition) is 1. The molecule has 0 atom stereocenters. The van der Waals surface area contributed by atoms with Crippen molar-refractivity contribution < 1.29 is 9.53 Å². The number of anilines is 1. The van der Waals surface area contributed by atoms with Crippen molar-refractivity contribution in [2.24, 2.45) is 0 Å². The molecule has 0 saturated heterocycles. The molecule has 0 aromatic heterocycles. The summed E-state index contributed by atoms with van der Waals surface area (Å²) in [5.41, 5.74) is 2.52. The summed E-state index contributed by atoms with van der Waals surface area (Å²) < 4.78 is 5.12. The van der Waals surface area contributed by atoms with Crippen LogP contribution in [0.3, 0.4) is 0 Å². The van der Waals surface area contributed by atoms with E-state index in [1.54, 1.807) is 18.9 Å². The van der Waals surface area contributed by atoms with Gasteiger partial charge in [0.05, 0.1) is 12.2 Å². The van der Waals surface area contributed by atoms with E-state index in [2.05, 4.69) is 19.2 Å². The van der Waals surface area contributed by atoms with E-state index in [4.69, 9.17) is 4.74 Å². The zero-order valence-corrected chi connectivity index (χ0v) is 13.9.